The fourth-order valence-corrected chi connectivity index (χ4v) is 4.01. The van der Waals surface area contributed by atoms with E-state index in [1.54, 1.807) is 13.0 Å². The van der Waals surface area contributed by atoms with Gasteiger partial charge in [0, 0.05) is 17.2 Å². The van der Waals surface area contributed by atoms with Crippen LogP contribution in [-0.2, 0) is 4.79 Å². The smallest absolute Gasteiger partial charge is 0.162 e. The molecule has 0 heterocycles. The number of hydrogen-bond donors (Lipinski definition) is 2. The molecule has 2 aromatic rings. The third kappa shape index (κ3) is 9.08. The van der Waals surface area contributed by atoms with Crippen LogP contribution < -0.4 is 16.2 Å². The van der Waals surface area contributed by atoms with Crippen molar-refractivity contribution < 1.29 is 13.9 Å². The predicted octanol–water partition coefficient (Wildman–Crippen LogP) is 7.66. The fourth-order valence-electron chi connectivity index (χ4n) is 4.01. The molecule has 35 heavy (non-hydrogen) atoms. The molecule has 0 spiro atoms. The highest BCUT2D eigenvalue weighted by Gasteiger charge is 2.15. The van der Waals surface area contributed by atoms with Crippen LogP contribution in [0.1, 0.15) is 70.1 Å². The maximum absolute atomic E-state index is 13.2. The Kier molecular flexibility index (Phi) is 12.0. The number of anilines is 1. The molecular weight excluding hydrogens is 439 g/mol. The summed E-state index contributed by atoms with van der Waals surface area (Å²) >= 11 is 0. The Morgan fingerprint density at radius 3 is 2.11 bits per heavy atom. The molecule has 0 bridgehead atoms. The van der Waals surface area contributed by atoms with Crippen molar-refractivity contribution in [2.75, 3.05) is 5.73 Å². The van der Waals surface area contributed by atoms with E-state index in [9.17, 15) is 9.18 Å². The molecule has 4 nitrogen and oxygen atoms in total. The van der Waals surface area contributed by atoms with Gasteiger partial charge >= 0.3 is 0 Å². The number of benzene rings is 2. The van der Waals surface area contributed by atoms with Crippen LogP contribution in [0.2, 0.25) is 0 Å². The van der Waals surface area contributed by atoms with E-state index >= 15 is 0 Å². The molecule has 0 saturated heterocycles. The van der Waals surface area contributed by atoms with E-state index in [0.29, 0.717) is 28.3 Å². The molecule has 0 aliphatic rings. The maximum atomic E-state index is 13.2. The Labute approximate surface area is 210 Å². The number of nitrogens with two attached hydrogens (primary N) is 2. The van der Waals surface area contributed by atoms with Crippen LogP contribution in [0.5, 0.6) is 5.75 Å². The van der Waals surface area contributed by atoms with Crippen molar-refractivity contribution in [1.82, 2.24) is 0 Å². The standard InChI is InChI=1S/C16H25NO.C14H16FNO/c1-5-7-14(8-6-2)13(4)18-16-10-9-12(3)11-15(16)17;1-8-5-6-12(15)7-13(8)9(2)14(10(3)16)11(4)17/h9-11,14H,4-8,17H2,1-3H3;5-7H,3,16H2,1-2,4H3/b;14-9-. The van der Waals surface area contributed by atoms with E-state index in [-0.39, 0.29) is 17.3 Å². The van der Waals surface area contributed by atoms with E-state index in [1.807, 2.05) is 32.0 Å². The lowest BCUT2D eigenvalue weighted by Gasteiger charge is -2.19. The van der Waals surface area contributed by atoms with Crippen LogP contribution in [-0.4, -0.2) is 5.78 Å². The van der Waals surface area contributed by atoms with Gasteiger partial charge in [0.15, 0.2) is 5.78 Å². The summed E-state index contributed by atoms with van der Waals surface area (Å²) in [4.78, 5) is 11.5. The molecule has 2 rings (SSSR count). The van der Waals surface area contributed by atoms with Gasteiger partial charge in [0.25, 0.3) is 0 Å². The second kappa shape index (κ2) is 14.1. The SMILES string of the molecule is C=C(N)/C(C(C)=O)=C(\C)c1cc(F)ccc1C.C=C(Oc1ccc(C)cc1N)C(CCC)CCC. The van der Waals surface area contributed by atoms with Crippen molar-refractivity contribution in [2.45, 2.75) is 67.2 Å². The quantitative estimate of drug-likeness (QED) is 0.158. The van der Waals surface area contributed by atoms with E-state index in [4.69, 9.17) is 16.2 Å². The maximum Gasteiger partial charge on any atom is 0.162 e. The van der Waals surface area contributed by atoms with E-state index in [1.165, 1.54) is 19.1 Å². The minimum absolute atomic E-state index is 0.168. The number of ether oxygens (including phenoxy) is 1. The molecule has 0 aliphatic carbocycles. The minimum Gasteiger partial charge on any atom is -0.460 e. The van der Waals surface area contributed by atoms with Crippen LogP contribution in [0.25, 0.3) is 5.57 Å². The van der Waals surface area contributed by atoms with E-state index in [0.717, 1.165) is 48.3 Å². The summed E-state index contributed by atoms with van der Waals surface area (Å²) in [6.07, 6.45) is 4.55. The molecule has 5 heteroatoms. The van der Waals surface area contributed by atoms with Crippen molar-refractivity contribution in [3.63, 3.8) is 0 Å². The van der Waals surface area contributed by atoms with Crippen molar-refractivity contribution >= 4 is 17.0 Å². The molecule has 0 amide bonds. The lowest BCUT2D eigenvalue weighted by Crippen LogP contribution is -2.09. The molecule has 0 fully saturated rings. The Morgan fingerprint density at radius 1 is 1.03 bits per heavy atom. The molecule has 0 radical (unpaired) electrons. The highest BCUT2D eigenvalue weighted by Crippen LogP contribution is 2.29. The van der Waals surface area contributed by atoms with Crippen LogP contribution in [0, 0.1) is 25.6 Å². The number of rotatable bonds is 10. The first-order valence-corrected chi connectivity index (χ1v) is 12.1. The van der Waals surface area contributed by atoms with E-state index < -0.39 is 0 Å². The highest BCUT2D eigenvalue weighted by atomic mass is 19.1. The molecule has 0 aromatic heterocycles. The molecule has 0 saturated carbocycles. The Bertz CT molecular complexity index is 1060. The van der Waals surface area contributed by atoms with Crippen LogP contribution in [0.3, 0.4) is 0 Å². The number of Topliss-reactive ketones (excluding diaryl/α,β-unsaturated/α-hetero) is 1. The number of carbonyl (C=O) groups is 1. The number of halogens is 1. The number of allylic oxidation sites excluding steroid dienone is 3. The summed E-state index contributed by atoms with van der Waals surface area (Å²) in [5, 5.41) is 0. The summed E-state index contributed by atoms with van der Waals surface area (Å²) in [6.45, 7) is 19.1. The second-order valence-corrected chi connectivity index (χ2v) is 8.92. The van der Waals surface area contributed by atoms with Gasteiger partial charge in [-0.3, -0.25) is 4.79 Å². The molecular formula is C30H41FN2O2. The molecule has 2 aromatic carbocycles. The molecule has 4 N–H and O–H groups in total. The monoisotopic (exact) mass is 480 g/mol. The van der Waals surface area contributed by atoms with Crippen molar-refractivity contribution in [3.05, 3.63) is 89.1 Å². The normalized spacial score (nSPS) is 11.3. The summed E-state index contributed by atoms with van der Waals surface area (Å²) in [6, 6.07) is 10.3. The predicted molar refractivity (Wildman–Crippen MR) is 146 cm³/mol. The first-order valence-electron chi connectivity index (χ1n) is 12.1. The van der Waals surface area contributed by atoms with E-state index in [2.05, 4.69) is 27.0 Å². The van der Waals surface area contributed by atoms with Crippen molar-refractivity contribution in [1.29, 1.82) is 0 Å². The largest absolute Gasteiger partial charge is 0.460 e. The number of hydrogen-bond acceptors (Lipinski definition) is 4. The van der Waals surface area contributed by atoms with Gasteiger partial charge in [0.1, 0.15) is 17.3 Å². The number of aryl methyl sites for hydroxylation is 2. The van der Waals surface area contributed by atoms with Crippen molar-refractivity contribution in [3.8, 4) is 5.75 Å². The molecule has 0 aliphatic heterocycles. The van der Waals surface area contributed by atoms with Gasteiger partial charge in [0.05, 0.1) is 5.69 Å². The summed E-state index contributed by atoms with van der Waals surface area (Å²) in [5.74, 6) is 1.49. The summed E-state index contributed by atoms with van der Waals surface area (Å²) in [5.41, 5.74) is 16.2. The van der Waals surface area contributed by atoms with Gasteiger partial charge < -0.3 is 16.2 Å². The Morgan fingerprint density at radius 2 is 1.63 bits per heavy atom. The zero-order chi connectivity index (χ0) is 26.7. The topological polar surface area (TPSA) is 78.3 Å². The summed E-state index contributed by atoms with van der Waals surface area (Å²) < 4.78 is 19.1. The van der Waals surface area contributed by atoms with Gasteiger partial charge in [-0.2, -0.15) is 0 Å². The van der Waals surface area contributed by atoms with Gasteiger partial charge in [-0.15, -0.1) is 0 Å². The zero-order valence-corrected chi connectivity index (χ0v) is 22.1. The number of carbonyl (C=O) groups excluding carboxylic acids is 1. The first-order chi connectivity index (χ1) is 16.4. The second-order valence-electron chi connectivity index (χ2n) is 8.92. The minimum atomic E-state index is -0.338. The first kappa shape index (κ1) is 29.7. The lowest BCUT2D eigenvalue weighted by atomic mass is 9.94. The zero-order valence-electron chi connectivity index (χ0n) is 22.1. The van der Waals surface area contributed by atoms with Crippen LogP contribution in [0.4, 0.5) is 10.1 Å². The molecule has 0 atom stereocenters. The number of nitrogen functional groups attached to an aromatic ring is 1. The molecule has 0 unspecified atom stereocenters. The van der Waals surface area contributed by atoms with Gasteiger partial charge in [-0.25, -0.2) is 4.39 Å². The van der Waals surface area contributed by atoms with Crippen molar-refractivity contribution in [2.24, 2.45) is 11.7 Å². The summed E-state index contributed by atoms with van der Waals surface area (Å²) in [7, 11) is 0. The number of ketones is 1. The Hall–Kier alpha value is -3.34. The molecule has 190 valence electrons. The highest BCUT2D eigenvalue weighted by molar-refractivity contribution is 6.04. The average Bonchev–Trinajstić information content (AvgIpc) is 2.77. The van der Waals surface area contributed by atoms with Crippen LogP contribution >= 0.6 is 0 Å². The third-order valence-corrected chi connectivity index (χ3v) is 5.79. The van der Waals surface area contributed by atoms with Gasteiger partial charge in [-0.05, 0) is 87.1 Å². The third-order valence-electron chi connectivity index (χ3n) is 5.79. The Balaban J connectivity index is 0.000000351. The van der Waals surface area contributed by atoms with Crippen LogP contribution in [0.15, 0.2) is 66.6 Å². The fraction of sp³-hybridized carbons (Fsp3) is 0.367. The lowest BCUT2D eigenvalue weighted by molar-refractivity contribution is -0.113. The van der Waals surface area contributed by atoms with Gasteiger partial charge in [-0.1, -0.05) is 52.0 Å². The average molecular weight is 481 g/mol. The van der Waals surface area contributed by atoms with Gasteiger partial charge in [0.2, 0.25) is 0 Å².